The fraction of sp³-hybridized carbons (Fsp3) is 0.455. The molecule has 2 unspecified atom stereocenters. The minimum atomic E-state index is -0.257. The molecule has 0 spiro atoms. The Bertz CT molecular complexity index is 1510. The van der Waals surface area contributed by atoms with E-state index in [4.69, 9.17) is 26.0 Å². The van der Waals surface area contributed by atoms with Gasteiger partial charge in [0.05, 0.1) is 17.9 Å². The molecular weight excluding hydrogens is 528 g/mol. The molecule has 0 bridgehead atoms. The van der Waals surface area contributed by atoms with Crippen molar-refractivity contribution in [1.29, 1.82) is 0 Å². The van der Waals surface area contributed by atoms with Crippen LogP contribution in [0.4, 0.5) is 5.82 Å². The number of carbonyl (C=O) groups excluding carboxylic acids is 1. The first-order chi connectivity index (χ1) is 20.5. The molecule has 9 nitrogen and oxygen atoms in total. The van der Waals surface area contributed by atoms with Crippen LogP contribution in [-0.2, 0) is 16.0 Å². The Labute approximate surface area is 247 Å². The van der Waals surface area contributed by atoms with Crippen molar-refractivity contribution in [1.82, 2.24) is 19.8 Å². The Hall–Kier alpha value is -4.00. The number of nitrogens with zero attached hydrogens (tertiary/aromatic N) is 6. The van der Waals surface area contributed by atoms with Gasteiger partial charge < -0.3 is 29.0 Å². The molecule has 3 aliphatic rings. The standard InChI is InChI=1S/C33H38N6O3/c1-5-30(40)39-17-16-38(20-25(39)19-34-3)32-31-22(2)42-29(27-14-8-11-23-10-6-7-13-26(23)27)18-28(31)35-33(36-32)41-21-24-12-9-15-37(24)4/h5-8,10-11,13-14,22,24-25,29H,1,9,12,15-21H2,2,4H3/t22?,24-,25-,29?/m0/s1. The van der Waals surface area contributed by atoms with Gasteiger partial charge in [-0.2, -0.15) is 9.97 Å². The van der Waals surface area contributed by atoms with E-state index in [-0.39, 0.29) is 30.7 Å². The van der Waals surface area contributed by atoms with E-state index in [2.05, 4.69) is 77.7 Å². The van der Waals surface area contributed by atoms with Gasteiger partial charge in [0.1, 0.15) is 18.5 Å². The molecular formula is C33H38N6O3. The molecule has 0 radical (unpaired) electrons. The van der Waals surface area contributed by atoms with E-state index in [0.29, 0.717) is 44.7 Å². The van der Waals surface area contributed by atoms with Gasteiger partial charge in [-0.25, -0.2) is 6.57 Å². The summed E-state index contributed by atoms with van der Waals surface area (Å²) in [5.41, 5.74) is 3.04. The lowest BCUT2D eigenvalue weighted by Gasteiger charge is -2.41. The molecule has 3 aliphatic heterocycles. The molecule has 4 atom stereocenters. The number of ether oxygens (including phenoxy) is 2. The van der Waals surface area contributed by atoms with E-state index in [9.17, 15) is 4.79 Å². The molecule has 218 valence electrons. The Morgan fingerprint density at radius 2 is 2.00 bits per heavy atom. The average molecular weight is 567 g/mol. The molecule has 0 saturated carbocycles. The first-order valence-corrected chi connectivity index (χ1v) is 14.8. The monoisotopic (exact) mass is 566 g/mol. The van der Waals surface area contributed by atoms with E-state index in [1.807, 2.05) is 0 Å². The highest BCUT2D eigenvalue weighted by molar-refractivity contribution is 5.87. The van der Waals surface area contributed by atoms with E-state index in [0.717, 1.165) is 35.6 Å². The topological polar surface area (TPSA) is 75.4 Å². The number of fused-ring (bicyclic) bond motifs is 2. The van der Waals surface area contributed by atoms with Gasteiger partial charge in [0.25, 0.3) is 0 Å². The molecule has 2 fully saturated rings. The van der Waals surface area contributed by atoms with Crippen LogP contribution >= 0.6 is 0 Å². The smallest absolute Gasteiger partial charge is 0.318 e. The Kier molecular flexibility index (Phi) is 8.09. The molecule has 3 aromatic rings. The van der Waals surface area contributed by atoms with Crippen LogP contribution in [0.25, 0.3) is 15.6 Å². The molecule has 9 heteroatoms. The Morgan fingerprint density at radius 1 is 1.17 bits per heavy atom. The SMILES string of the molecule is [C-]#[N+]C[C@H]1CN(c2nc(OC[C@@H]3CCCN3C)nc3c2C(C)OC(c2cccc4ccccc24)C3)CCN1C(=O)C=C. The molecule has 0 N–H and O–H groups in total. The maximum absolute atomic E-state index is 12.6. The number of likely N-dealkylation sites (N-methyl/N-ethyl adjacent to an activating group) is 1. The van der Waals surface area contributed by atoms with Gasteiger partial charge in [0.15, 0.2) is 0 Å². The molecule has 2 saturated heterocycles. The number of benzene rings is 2. The van der Waals surface area contributed by atoms with Crippen molar-refractivity contribution < 1.29 is 14.3 Å². The van der Waals surface area contributed by atoms with Crippen LogP contribution in [0.2, 0.25) is 0 Å². The highest BCUT2D eigenvalue weighted by Gasteiger charge is 2.37. The molecule has 6 rings (SSSR count). The highest BCUT2D eigenvalue weighted by atomic mass is 16.5. The fourth-order valence-electron chi connectivity index (χ4n) is 6.69. The van der Waals surface area contributed by atoms with Crippen LogP contribution in [0.1, 0.15) is 48.8 Å². The number of aromatic nitrogens is 2. The number of anilines is 1. The summed E-state index contributed by atoms with van der Waals surface area (Å²) in [5.74, 6) is 0.631. The second kappa shape index (κ2) is 12.1. The van der Waals surface area contributed by atoms with Crippen LogP contribution in [0.15, 0.2) is 55.1 Å². The van der Waals surface area contributed by atoms with Crippen molar-refractivity contribution in [2.24, 2.45) is 0 Å². The van der Waals surface area contributed by atoms with E-state index in [1.165, 1.54) is 23.3 Å². The van der Waals surface area contributed by atoms with Crippen molar-refractivity contribution in [2.45, 2.75) is 50.5 Å². The number of carbonyl (C=O) groups is 1. The van der Waals surface area contributed by atoms with E-state index in [1.54, 1.807) is 4.90 Å². The minimum absolute atomic E-state index is 0.146. The quantitative estimate of drug-likeness (QED) is 0.306. The Morgan fingerprint density at radius 3 is 2.79 bits per heavy atom. The number of hydrogen-bond donors (Lipinski definition) is 0. The second-order valence-electron chi connectivity index (χ2n) is 11.5. The van der Waals surface area contributed by atoms with Crippen molar-refractivity contribution in [3.8, 4) is 6.01 Å². The summed E-state index contributed by atoms with van der Waals surface area (Å²) < 4.78 is 13.0. The van der Waals surface area contributed by atoms with Gasteiger partial charge in [-0.15, -0.1) is 0 Å². The van der Waals surface area contributed by atoms with Crippen molar-refractivity contribution >= 4 is 22.5 Å². The molecule has 1 amide bonds. The maximum atomic E-state index is 12.6. The second-order valence-corrected chi connectivity index (χ2v) is 11.5. The summed E-state index contributed by atoms with van der Waals surface area (Å²) in [5, 5.41) is 2.36. The lowest BCUT2D eigenvalue weighted by Crippen LogP contribution is -2.56. The lowest BCUT2D eigenvalue weighted by molar-refractivity contribution is -0.128. The number of likely N-dealkylation sites (tertiary alicyclic amines) is 1. The number of rotatable bonds is 7. The maximum Gasteiger partial charge on any atom is 0.318 e. The molecule has 2 aromatic carbocycles. The summed E-state index contributed by atoms with van der Waals surface area (Å²) in [4.78, 5) is 32.4. The van der Waals surface area contributed by atoms with Crippen LogP contribution in [0.3, 0.4) is 0 Å². The lowest BCUT2D eigenvalue weighted by atomic mass is 9.92. The van der Waals surface area contributed by atoms with Gasteiger partial charge in [0.2, 0.25) is 12.5 Å². The molecule has 0 aliphatic carbocycles. The predicted octanol–water partition coefficient (Wildman–Crippen LogP) is 4.60. The predicted molar refractivity (Wildman–Crippen MR) is 162 cm³/mol. The molecule has 4 heterocycles. The van der Waals surface area contributed by atoms with Crippen molar-refractivity contribution in [3.63, 3.8) is 0 Å². The summed E-state index contributed by atoms with van der Waals surface area (Å²) in [6.07, 6.45) is 3.78. The van der Waals surface area contributed by atoms with Gasteiger partial charge in [-0.3, -0.25) is 4.79 Å². The van der Waals surface area contributed by atoms with Crippen LogP contribution in [0.5, 0.6) is 6.01 Å². The number of hydrogen-bond acceptors (Lipinski definition) is 7. The Balaban J connectivity index is 1.36. The zero-order chi connectivity index (χ0) is 29.2. The van der Waals surface area contributed by atoms with Crippen LogP contribution < -0.4 is 9.64 Å². The van der Waals surface area contributed by atoms with E-state index < -0.39 is 0 Å². The summed E-state index contributed by atoms with van der Waals surface area (Å²) >= 11 is 0. The van der Waals surface area contributed by atoms with Crippen LogP contribution in [-0.4, -0.2) is 84.1 Å². The molecule has 42 heavy (non-hydrogen) atoms. The fourth-order valence-corrected chi connectivity index (χ4v) is 6.69. The van der Waals surface area contributed by atoms with E-state index >= 15 is 0 Å². The molecule has 1 aromatic heterocycles. The third-order valence-corrected chi connectivity index (χ3v) is 8.93. The normalized spacial score (nSPS) is 24.3. The number of piperazine rings is 1. The summed E-state index contributed by atoms with van der Waals surface area (Å²) in [6.45, 7) is 16.6. The van der Waals surface area contributed by atoms with Gasteiger partial charge in [-0.05, 0) is 55.8 Å². The van der Waals surface area contributed by atoms with Gasteiger partial charge in [0, 0.05) is 37.7 Å². The van der Waals surface area contributed by atoms with Crippen LogP contribution in [0, 0.1) is 6.57 Å². The summed E-state index contributed by atoms with van der Waals surface area (Å²) in [7, 11) is 2.13. The van der Waals surface area contributed by atoms with Crippen molar-refractivity contribution in [3.05, 3.63) is 83.4 Å². The minimum Gasteiger partial charge on any atom is -0.462 e. The van der Waals surface area contributed by atoms with Crippen molar-refractivity contribution in [2.75, 3.05) is 51.3 Å². The summed E-state index contributed by atoms with van der Waals surface area (Å²) in [6, 6.07) is 15.2. The highest BCUT2D eigenvalue weighted by Crippen LogP contribution is 2.43. The number of amides is 1. The first-order valence-electron chi connectivity index (χ1n) is 14.8. The van der Waals surface area contributed by atoms with Gasteiger partial charge >= 0.3 is 6.01 Å². The largest absolute Gasteiger partial charge is 0.462 e. The average Bonchev–Trinajstić information content (AvgIpc) is 3.43. The first kappa shape index (κ1) is 28.1. The third-order valence-electron chi connectivity index (χ3n) is 8.93. The zero-order valence-corrected chi connectivity index (χ0v) is 24.4. The van der Waals surface area contributed by atoms with Gasteiger partial charge in [-0.1, -0.05) is 49.0 Å². The third kappa shape index (κ3) is 5.44. The zero-order valence-electron chi connectivity index (χ0n) is 24.4.